The molecule has 0 spiro atoms. The molecule has 1 aromatic heterocycles. The van der Waals surface area contributed by atoms with Gasteiger partial charge in [-0.3, -0.25) is 0 Å². The predicted octanol–water partition coefficient (Wildman–Crippen LogP) is 0.302. The second kappa shape index (κ2) is 5.41. The van der Waals surface area contributed by atoms with Crippen LogP contribution in [-0.4, -0.2) is 45.8 Å². The van der Waals surface area contributed by atoms with E-state index in [0.717, 1.165) is 0 Å². The van der Waals surface area contributed by atoms with Gasteiger partial charge >= 0.3 is 5.97 Å². The van der Waals surface area contributed by atoms with Gasteiger partial charge in [0.2, 0.25) is 5.95 Å². The highest BCUT2D eigenvalue weighted by Crippen LogP contribution is 2.10. The van der Waals surface area contributed by atoms with E-state index in [1.165, 1.54) is 6.20 Å². The van der Waals surface area contributed by atoms with Gasteiger partial charge in [-0.15, -0.1) is 0 Å². The van der Waals surface area contributed by atoms with Crippen molar-refractivity contribution in [1.29, 1.82) is 0 Å². The minimum Gasteiger partial charge on any atom is -0.478 e. The lowest BCUT2D eigenvalue weighted by Crippen LogP contribution is -2.28. The highest BCUT2D eigenvalue weighted by atomic mass is 16.4. The number of carboxylic acid groups (broad SMARTS) is 1. The van der Waals surface area contributed by atoms with E-state index in [4.69, 9.17) is 10.2 Å². The fraction of sp³-hybridized carbons (Fsp3) is 0.500. The van der Waals surface area contributed by atoms with Gasteiger partial charge in [0.1, 0.15) is 0 Å². The van der Waals surface area contributed by atoms with Crippen LogP contribution in [0, 0.1) is 6.92 Å². The molecular formula is C10H15N3O3. The normalized spacial score (nSPS) is 10.2. The molecule has 0 bridgehead atoms. The molecule has 0 aliphatic rings. The van der Waals surface area contributed by atoms with E-state index >= 15 is 0 Å². The highest BCUT2D eigenvalue weighted by Gasteiger charge is 2.12. The fourth-order valence-corrected chi connectivity index (χ4v) is 1.34. The molecule has 0 saturated carbocycles. The molecule has 1 aromatic rings. The first-order valence-electron chi connectivity index (χ1n) is 5.02. The van der Waals surface area contributed by atoms with Gasteiger partial charge in [-0.2, -0.15) is 0 Å². The summed E-state index contributed by atoms with van der Waals surface area (Å²) in [6.45, 7) is 4.65. The summed E-state index contributed by atoms with van der Waals surface area (Å²) >= 11 is 0. The van der Waals surface area contributed by atoms with Gasteiger partial charge in [0, 0.05) is 19.3 Å². The Balaban J connectivity index is 2.99. The van der Waals surface area contributed by atoms with Crippen molar-refractivity contribution < 1.29 is 15.0 Å². The van der Waals surface area contributed by atoms with E-state index in [-0.39, 0.29) is 12.2 Å². The van der Waals surface area contributed by atoms with Crippen LogP contribution in [0.5, 0.6) is 0 Å². The summed E-state index contributed by atoms with van der Waals surface area (Å²) in [7, 11) is 0. The summed E-state index contributed by atoms with van der Waals surface area (Å²) in [6, 6.07) is 0. The number of anilines is 1. The quantitative estimate of drug-likeness (QED) is 0.749. The second-order valence-corrected chi connectivity index (χ2v) is 3.28. The van der Waals surface area contributed by atoms with Crippen molar-refractivity contribution in [1.82, 2.24) is 9.97 Å². The van der Waals surface area contributed by atoms with Crippen LogP contribution >= 0.6 is 0 Å². The van der Waals surface area contributed by atoms with Gasteiger partial charge in [-0.05, 0) is 13.8 Å². The van der Waals surface area contributed by atoms with Crippen molar-refractivity contribution in [3.8, 4) is 0 Å². The molecule has 0 atom stereocenters. The lowest BCUT2D eigenvalue weighted by Gasteiger charge is -2.19. The van der Waals surface area contributed by atoms with Crippen LogP contribution in [0.1, 0.15) is 23.0 Å². The Labute approximate surface area is 93.6 Å². The third-order valence-corrected chi connectivity index (χ3v) is 2.23. The van der Waals surface area contributed by atoms with Crippen LogP contribution in [0.3, 0.4) is 0 Å². The molecule has 0 unspecified atom stereocenters. The van der Waals surface area contributed by atoms with Gasteiger partial charge in [0.05, 0.1) is 17.9 Å². The number of aliphatic hydroxyl groups excluding tert-OH is 1. The number of aliphatic hydroxyl groups is 1. The molecular weight excluding hydrogens is 210 g/mol. The molecule has 0 aromatic carbocycles. The lowest BCUT2D eigenvalue weighted by atomic mass is 10.2. The molecule has 0 fully saturated rings. The number of aromatic carboxylic acids is 1. The number of nitrogens with zero attached hydrogens (tertiary/aromatic N) is 3. The third kappa shape index (κ3) is 2.66. The number of carbonyl (C=O) groups is 1. The van der Waals surface area contributed by atoms with Crippen molar-refractivity contribution in [2.75, 3.05) is 24.6 Å². The Bertz CT molecular complexity index is 382. The maximum atomic E-state index is 10.8. The van der Waals surface area contributed by atoms with Crippen molar-refractivity contribution in [2.24, 2.45) is 0 Å². The average molecular weight is 225 g/mol. The Morgan fingerprint density at radius 3 is 2.69 bits per heavy atom. The monoisotopic (exact) mass is 225 g/mol. The molecule has 16 heavy (non-hydrogen) atoms. The first-order valence-corrected chi connectivity index (χ1v) is 5.02. The Morgan fingerprint density at radius 2 is 2.25 bits per heavy atom. The minimum atomic E-state index is -1.03. The van der Waals surface area contributed by atoms with E-state index in [0.29, 0.717) is 24.7 Å². The molecule has 0 amide bonds. The van der Waals surface area contributed by atoms with E-state index in [2.05, 4.69) is 9.97 Å². The van der Waals surface area contributed by atoms with Gasteiger partial charge in [0.15, 0.2) is 0 Å². The Morgan fingerprint density at radius 1 is 1.56 bits per heavy atom. The molecule has 6 nitrogen and oxygen atoms in total. The Kier molecular flexibility index (Phi) is 4.19. The third-order valence-electron chi connectivity index (χ3n) is 2.23. The van der Waals surface area contributed by atoms with Crippen molar-refractivity contribution >= 4 is 11.9 Å². The summed E-state index contributed by atoms with van der Waals surface area (Å²) in [4.78, 5) is 20.6. The summed E-state index contributed by atoms with van der Waals surface area (Å²) < 4.78 is 0. The first kappa shape index (κ1) is 12.4. The number of rotatable bonds is 5. The minimum absolute atomic E-state index is 0.0108. The first-order chi connectivity index (χ1) is 7.60. The number of likely N-dealkylation sites (N-methyl/N-ethyl adjacent to an activating group) is 1. The fourth-order valence-electron chi connectivity index (χ4n) is 1.34. The summed E-state index contributed by atoms with van der Waals surface area (Å²) in [5, 5.41) is 17.7. The molecule has 6 heteroatoms. The van der Waals surface area contributed by atoms with Gasteiger partial charge in [-0.1, -0.05) is 0 Å². The number of aryl methyl sites for hydroxylation is 1. The van der Waals surface area contributed by atoms with E-state index < -0.39 is 5.97 Å². The van der Waals surface area contributed by atoms with Crippen molar-refractivity contribution in [3.63, 3.8) is 0 Å². The average Bonchev–Trinajstić information content (AvgIpc) is 2.25. The second-order valence-electron chi connectivity index (χ2n) is 3.28. The van der Waals surface area contributed by atoms with Crippen LogP contribution in [-0.2, 0) is 0 Å². The van der Waals surface area contributed by atoms with E-state index in [1.54, 1.807) is 11.8 Å². The predicted molar refractivity (Wildman–Crippen MR) is 58.7 cm³/mol. The summed E-state index contributed by atoms with van der Waals surface area (Å²) in [5.41, 5.74) is 0.526. The SMILES string of the molecule is CCN(CCO)c1ncc(C(=O)O)c(C)n1. The largest absolute Gasteiger partial charge is 0.478 e. The molecule has 0 aliphatic heterocycles. The number of carboxylic acids is 1. The van der Waals surface area contributed by atoms with E-state index in [9.17, 15) is 4.79 Å². The van der Waals surface area contributed by atoms with E-state index in [1.807, 2.05) is 6.92 Å². The number of aromatic nitrogens is 2. The van der Waals surface area contributed by atoms with Crippen LogP contribution in [0.4, 0.5) is 5.95 Å². The zero-order valence-electron chi connectivity index (χ0n) is 9.34. The van der Waals surface area contributed by atoms with Crippen LogP contribution in [0.2, 0.25) is 0 Å². The van der Waals surface area contributed by atoms with Crippen LogP contribution < -0.4 is 4.90 Å². The van der Waals surface area contributed by atoms with Crippen molar-refractivity contribution in [3.05, 3.63) is 17.5 Å². The van der Waals surface area contributed by atoms with Crippen LogP contribution in [0.25, 0.3) is 0 Å². The zero-order chi connectivity index (χ0) is 12.1. The summed E-state index contributed by atoms with van der Waals surface area (Å²) in [6.07, 6.45) is 1.29. The number of hydrogen-bond donors (Lipinski definition) is 2. The van der Waals surface area contributed by atoms with Crippen LogP contribution in [0.15, 0.2) is 6.20 Å². The summed E-state index contributed by atoms with van der Waals surface area (Å²) in [5.74, 6) is -0.590. The highest BCUT2D eigenvalue weighted by molar-refractivity contribution is 5.88. The van der Waals surface area contributed by atoms with Gasteiger partial charge < -0.3 is 15.1 Å². The maximum absolute atomic E-state index is 10.8. The maximum Gasteiger partial charge on any atom is 0.339 e. The number of hydrogen-bond acceptors (Lipinski definition) is 5. The lowest BCUT2D eigenvalue weighted by molar-refractivity contribution is 0.0695. The molecule has 0 aliphatic carbocycles. The molecule has 1 heterocycles. The smallest absolute Gasteiger partial charge is 0.339 e. The van der Waals surface area contributed by atoms with Crippen molar-refractivity contribution in [2.45, 2.75) is 13.8 Å². The van der Waals surface area contributed by atoms with Gasteiger partial charge in [0.25, 0.3) is 0 Å². The zero-order valence-corrected chi connectivity index (χ0v) is 9.34. The standard InChI is InChI=1S/C10H15N3O3/c1-3-13(4-5-14)10-11-6-8(9(15)16)7(2)12-10/h6,14H,3-5H2,1-2H3,(H,15,16). The molecule has 0 radical (unpaired) electrons. The molecule has 1 rings (SSSR count). The molecule has 0 saturated heterocycles. The Hall–Kier alpha value is -1.69. The van der Waals surface area contributed by atoms with Gasteiger partial charge in [-0.25, -0.2) is 14.8 Å². The molecule has 2 N–H and O–H groups in total. The topological polar surface area (TPSA) is 86.5 Å². The molecule has 88 valence electrons.